The summed E-state index contributed by atoms with van der Waals surface area (Å²) in [6.07, 6.45) is 1.24. The summed E-state index contributed by atoms with van der Waals surface area (Å²) in [5, 5.41) is 17.9. The number of benzene rings is 1. The second-order valence-corrected chi connectivity index (χ2v) is 5.04. The summed E-state index contributed by atoms with van der Waals surface area (Å²) in [5.74, 6) is -4.54. The quantitative estimate of drug-likeness (QED) is 0.883. The third kappa shape index (κ3) is 3.18. The monoisotopic (exact) mass is 299 g/mol. The largest absolute Gasteiger partial charge is 0.478 e. The Morgan fingerprint density at radius 3 is 2.43 bits per heavy atom. The molecule has 0 bridgehead atoms. The number of carboxylic acid groups (broad SMARTS) is 1. The highest BCUT2D eigenvalue weighted by Crippen LogP contribution is 2.23. The molecule has 5 nitrogen and oxygen atoms in total. The molecule has 0 aliphatic carbocycles. The third-order valence-corrected chi connectivity index (χ3v) is 3.63. The van der Waals surface area contributed by atoms with Gasteiger partial charge in [0, 0.05) is 19.7 Å². The Morgan fingerprint density at radius 1 is 1.24 bits per heavy atom. The maximum atomic E-state index is 13.3. The number of hydrogen-bond donors (Lipinski definition) is 2. The van der Waals surface area contributed by atoms with Gasteiger partial charge in [-0.15, -0.1) is 0 Å². The Labute approximate surface area is 119 Å². The molecular formula is C14H15F2NO4. The second kappa shape index (κ2) is 6.17. The first-order valence-electron chi connectivity index (χ1n) is 6.56. The Kier molecular flexibility index (Phi) is 4.52. The summed E-state index contributed by atoms with van der Waals surface area (Å²) in [5.41, 5.74) is -0.907. The molecule has 7 heteroatoms. The molecule has 2 N–H and O–H groups in total. The summed E-state index contributed by atoms with van der Waals surface area (Å²) in [6, 6.07) is 1.15. The van der Waals surface area contributed by atoms with Gasteiger partial charge >= 0.3 is 5.97 Å². The minimum absolute atomic E-state index is 0.0122. The lowest BCUT2D eigenvalue weighted by Gasteiger charge is -2.18. The van der Waals surface area contributed by atoms with E-state index < -0.39 is 29.1 Å². The van der Waals surface area contributed by atoms with Crippen molar-refractivity contribution in [1.29, 1.82) is 0 Å². The molecule has 0 saturated carbocycles. The van der Waals surface area contributed by atoms with Crippen LogP contribution >= 0.6 is 0 Å². The van der Waals surface area contributed by atoms with E-state index in [-0.39, 0.29) is 18.1 Å². The number of hydrogen-bond acceptors (Lipinski definition) is 3. The van der Waals surface area contributed by atoms with Gasteiger partial charge in [-0.25, -0.2) is 13.6 Å². The summed E-state index contributed by atoms with van der Waals surface area (Å²) in [4.78, 5) is 24.8. The van der Waals surface area contributed by atoms with E-state index in [1.165, 1.54) is 4.90 Å². The number of carbonyl (C=O) groups is 2. The average molecular weight is 299 g/mol. The standard InChI is InChI=1S/C14H15F2NO4/c15-11-5-9(10(14(20)21)6-12(11)16)13(19)17-3-1-8(7-17)2-4-18/h5-6,8,18H,1-4,7H2,(H,20,21). The van der Waals surface area contributed by atoms with Crippen LogP contribution in [0.3, 0.4) is 0 Å². The minimum atomic E-state index is -1.48. The molecule has 1 aliphatic heterocycles. The van der Waals surface area contributed by atoms with Crippen LogP contribution in [0.15, 0.2) is 12.1 Å². The molecule has 1 aromatic carbocycles. The van der Waals surface area contributed by atoms with Crippen LogP contribution in [0.2, 0.25) is 0 Å². The molecule has 2 rings (SSSR count). The SMILES string of the molecule is O=C(O)c1cc(F)c(F)cc1C(=O)N1CCC(CCO)C1. The van der Waals surface area contributed by atoms with Crippen LogP contribution in [0.1, 0.15) is 33.6 Å². The van der Waals surface area contributed by atoms with Crippen molar-refractivity contribution in [1.82, 2.24) is 4.90 Å². The van der Waals surface area contributed by atoms with Crippen molar-refractivity contribution in [3.63, 3.8) is 0 Å². The molecule has 1 amide bonds. The second-order valence-electron chi connectivity index (χ2n) is 5.04. The van der Waals surface area contributed by atoms with Crippen molar-refractivity contribution in [2.45, 2.75) is 12.8 Å². The fourth-order valence-electron chi connectivity index (χ4n) is 2.51. The van der Waals surface area contributed by atoms with E-state index in [4.69, 9.17) is 10.2 Å². The number of amides is 1. The number of carboxylic acids is 1. The summed E-state index contributed by atoms with van der Waals surface area (Å²) >= 11 is 0. The summed E-state index contributed by atoms with van der Waals surface area (Å²) < 4.78 is 26.4. The molecule has 1 aliphatic rings. The first-order valence-corrected chi connectivity index (χ1v) is 6.56. The van der Waals surface area contributed by atoms with E-state index in [1.54, 1.807) is 0 Å². The van der Waals surface area contributed by atoms with Gasteiger partial charge in [0.15, 0.2) is 11.6 Å². The zero-order valence-corrected chi connectivity index (χ0v) is 11.2. The van der Waals surface area contributed by atoms with Gasteiger partial charge in [0.05, 0.1) is 11.1 Å². The molecule has 1 saturated heterocycles. The third-order valence-electron chi connectivity index (χ3n) is 3.63. The van der Waals surface area contributed by atoms with Gasteiger partial charge in [-0.1, -0.05) is 0 Å². The Balaban J connectivity index is 2.27. The zero-order valence-electron chi connectivity index (χ0n) is 11.2. The molecule has 114 valence electrons. The zero-order chi connectivity index (χ0) is 15.6. The lowest BCUT2D eigenvalue weighted by atomic mass is 10.0. The molecule has 21 heavy (non-hydrogen) atoms. The minimum Gasteiger partial charge on any atom is -0.478 e. The maximum Gasteiger partial charge on any atom is 0.336 e. The van der Waals surface area contributed by atoms with Crippen LogP contribution in [0.4, 0.5) is 8.78 Å². The van der Waals surface area contributed by atoms with E-state index in [2.05, 4.69) is 0 Å². The van der Waals surface area contributed by atoms with Gasteiger partial charge in [-0.3, -0.25) is 4.79 Å². The molecule has 1 heterocycles. The number of rotatable bonds is 4. The summed E-state index contributed by atoms with van der Waals surface area (Å²) in [7, 11) is 0. The van der Waals surface area contributed by atoms with Gasteiger partial charge in [0.2, 0.25) is 0 Å². The highest BCUT2D eigenvalue weighted by molar-refractivity contribution is 6.04. The van der Waals surface area contributed by atoms with Gasteiger partial charge in [-0.05, 0) is 30.9 Å². The van der Waals surface area contributed by atoms with E-state index in [0.717, 1.165) is 0 Å². The molecular weight excluding hydrogens is 284 g/mol. The Morgan fingerprint density at radius 2 is 1.86 bits per heavy atom. The Hall–Kier alpha value is -2.02. The van der Waals surface area contributed by atoms with Crippen LogP contribution in [-0.2, 0) is 0 Å². The summed E-state index contributed by atoms with van der Waals surface area (Å²) in [6.45, 7) is 0.789. The molecule has 1 aromatic rings. The van der Waals surface area contributed by atoms with Crippen LogP contribution in [0, 0.1) is 17.6 Å². The van der Waals surface area contributed by atoms with Crippen molar-refractivity contribution < 1.29 is 28.6 Å². The highest BCUT2D eigenvalue weighted by atomic mass is 19.2. The molecule has 0 spiro atoms. The average Bonchev–Trinajstić information content (AvgIpc) is 2.89. The van der Waals surface area contributed by atoms with Crippen LogP contribution < -0.4 is 0 Å². The van der Waals surface area contributed by atoms with E-state index >= 15 is 0 Å². The molecule has 1 atom stereocenters. The highest BCUT2D eigenvalue weighted by Gasteiger charge is 2.29. The number of aromatic carboxylic acids is 1. The fourth-order valence-corrected chi connectivity index (χ4v) is 2.51. The predicted molar refractivity (Wildman–Crippen MR) is 69.0 cm³/mol. The number of aliphatic hydroxyl groups is 1. The van der Waals surface area contributed by atoms with Crippen molar-refractivity contribution in [3.05, 3.63) is 34.9 Å². The number of halogens is 2. The van der Waals surface area contributed by atoms with E-state index in [1.807, 2.05) is 0 Å². The Bertz CT molecular complexity index is 576. The van der Waals surface area contributed by atoms with Gasteiger partial charge in [0.1, 0.15) is 0 Å². The predicted octanol–water partition coefficient (Wildman–Crippen LogP) is 1.51. The molecule has 0 aromatic heterocycles. The fraction of sp³-hybridized carbons (Fsp3) is 0.429. The van der Waals surface area contributed by atoms with E-state index in [9.17, 15) is 18.4 Å². The van der Waals surface area contributed by atoms with Gasteiger partial charge in [0.25, 0.3) is 5.91 Å². The van der Waals surface area contributed by atoms with E-state index in [0.29, 0.717) is 38.1 Å². The first-order chi connectivity index (χ1) is 9.93. The number of carbonyl (C=O) groups excluding carboxylic acids is 1. The lowest BCUT2D eigenvalue weighted by molar-refractivity contribution is 0.0679. The number of likely N-dealkylation sites (tertiary alicyclic amines) is 1. The van der Waals surface area contributed by atoms with Crippen molar-refractivity contribution in [2.24, 2.45) is 5.92 Å². The number of nitrogens with zero attached hydrogens (tertiary/aromatic N) is 1. The van der Waals surface area contributed by atoms with Crippen LogP contribution in [0.25, 0.3) is 0 Å². The molecule has 1 fully saturated rings. The van der Waals surface area contributed by atoms with Crippen molar-refractivity contribution in [3.8, 4) is 0 Å². The van der Waals surface area contributed by atoms with Gasteiger partial charge < -0.3 is 15.1 Å². The van der Waals surface area contributed by atoms with Gasteiger partial charge in [-0.2, -0.15) is 0 Å². The first kappa shape index (κ1) is 15.4. The lowest BCUT2D eigenvalue weighted by Crippen LogP contribution is -2.30. The van der Waals surface area contributed by atoms with Crippen molar-refractivity contribution in [2.75, 3.05) is 19.7 Å². The van der Waals surface area contributed by atoms with Crippen LogP contribution in [-0.4, -0.2) is 46.7 Å². The normalized spacial score (nSPS) is 18.0. The van der Waals surface area contributed by atoms with Crippen molar-refractivity contribution >= 4 is 11.9 Å². The molecule has 0 radical (unpaired) electrons. The topological polar surface area (TPSA) is 77.8 Å². The van der Waals surface area contributed by atoms with Crippen LogP contribution in [0.5, 0.6) is 0 Å². The smallest absolute Gasteiger partial charge is 0.336 e. The molecule has 1 unspecified atom stereocenters. The number of aliphatic hydroxyl groups excluding tert-OH is 1. The maximum absolute atomic E-state index is 13.3.